The fourth-order valence-electron chi connectivity index (χ4n) is 2.60. The molecule has 9 heteroatoms. The van der Waals surface area contributed by atoms with Gasteiger partial charge in [0.2, 0.25) is 0 Å². The second kappa shape index (κ2) is 10.4. The van der Waals surface area contributed by atoms with Crippen LogP contribution in [0.2, 0.25) is 0 Å². The Morgan fingerprint density at radius 3 is 2.67 bits per heavy atom. The van der Waals surface area contributed by atoms with Crippen LogP contribution in [0.5, 0.6) is 0 Å². The average Bonchev–Trinajstić information content (AvgIpc) is 2.61. The summed E-state index contributed by atoms with van der Waals surface area (Å²) in [7, 11) is 0. The van der Waals surface area contributed by atoms with Crippen LogP contribution in [0.25, 0.3) is 0 Å². The highest BCUT2D eigenvalue weighted by molar-refractivity contribution is 7.80. The van der Waals surface area contributed by atoms with Crippen molar-refractivity contribution in [2.45, 2.75) is 19.8 Å². The van der Waals surface area contributed by atoms with E-state index in [-0.39, 0.29) is 6.09 Å². The van der Waals surface area contributed by atoms with Gasteiger partial charge in [0.1, 0.15) is 0 Å². The molecule has 2 N–H and O–H groups in total. The summed E-state index contributed by atoms with van der Waals surface area (Å²) < 4.78 is 10.3. The summed E-state index contributed by atoms with van der Waals surface area (Å²) in [5.41, 5.74) is 3.91. The standard InChI is InChI=1S/C15H27N5O3S/c1-2-23-15(21)20-6-3-13(4-7-20)17-18-14(24)16-5-8-19-9-11-22-12-10-19/h2-12H2,1H3,(H2,16,18,24). The van der Waals surface area contributed by atoms with E-state index in [1.54, 1.807) is 4.90 Å². The topological polar surface area (TPSA) is 78.4 Å². The first-order valence-corrected chi connectivity index (χ1v) is 8.91. The van der Waals surface area contributed by atoms with Gasteiger partial charge in [0, 0.05) is 57.8 Å². The molecule has 2 rings (SSSR count). The van der Waals surface area contributed by atoms with Crippen molar-refractivity contribution in [1.82, 2.24) is 20.5 Å². The van der Waals surface area contributed by atoms with Gasteiger partial charge in [-0.3, -0.25) is 10.3 Å². The largest absolute Gasteiger partial charge is 0.450 e. The average molecular weight is 357 g/mol. The Morgan fingerprint density at radius 2 is 2.00 bits per heavy atom. The third-order valence-corrected chi connectivity index (χ3v) is 4.24. The molecule has 1 amide bonds. The maximum atomic E-state index is 11.6. The number of likely N-dealkylation sites (tertiary alicyclic amines) is 1. The number of rotatable bonds is 5. The van der Waals surface area contributed by atoms with Crippen LogP contribution in [0.3, 0.4) is 0 Å². The van der Waals surface area contributed by atoms with E-state index in [0.717, 1.165) is 57.9 Å². The first kappa shape index (κ1) is 18.9. The van der Waals surface area contributed by atoms with Crippen molar-refractivity contribution < 1.29 is 14.3 Å². The lowest BCUT2D eigenvalue weighted by atomic mass is 10.1. The number of thiocarbonyl (C=S) groups is 1. The van der Waals surface area contributed by atoms with Gasteiger partial charge in [-0.15, -0.1) is 0 Å². The predicted octanol–water partition coefficient (Wildman–Crippen LogP) is 0.391. The molecule has 0 radical (unpaired) electrons. The number of carbonyl (C=O) groups excluding carboxylic acids is 1. The van der Waals surface area contributed by atoms with Gasteiger partial charge in [0.05, 0.1) is 19.8 Å². The molecule has 8 nitrogen and oxygen atoms in total. The fourth-order valence-corrected chi connectivity index (χ4v) is 2.74. The molecule has 0 saturated carbocycles. The number of hydrazone groups is 1. The lowest BCUT2D eigenvalue weighted by molar-refractivity contribution is 0.0389. The van der Waals surface area contributed by atoms with Crippen LogP contribution < -0.4 is 10.7 Å². The van der Waals surface area contributed by atoms with Crippen LogP contribution in [0.1, 0.15) is 19.8 Å². The van der Waals surface area contributed by atoms with Gasteiger partial charge in [-0.1, -0.05) is 0 Å². The minimum absolute atomic E-state index is 0.246. The molecule has 0 atom stereocenters. The van der Waals surface area contributed by atoms with Crippen molar-refractivity contribution in [3.05, 3.63) is 0 Å². The third-order valence-electron chi connectivity index (χ3n) is 4.00. The molecule has 0 aromatic heterocycles. The molecule has 0 unspecified atom stereocenters. The van der Waals surface area contributed by atoms with E-state index in [1.165, 1.54) is 0 Å². The first-order valence-electron chi connectivity index (χ1n) is 8.50. The summed E-state index contributed by atoms with van der Waals surface area (Å²) >= 11 is 5.23. The van der Waals surface area contributed by atoms with Gasteiger partial charge in [-0.2, -0.15) is 5.10 Å². The Hall–Kier alpha value is -1.45. The number of carbonyl (C=O) groups is 1. The molecule has 0 spiro atoms. The van der Waals surface area contributed by atoms with Gasteiger partial charge in [-0.25, -0.2) is 4.79 Å². The van der Waals surface area contributed by atoms with Gasteiger partial charge in [0.25, 0.3) is 0 Å². The lowest BCUT2D eigenvalue weighted by Gasteiger charge is -2.27. The molecule has 2 heterocycles. The molecule has 0 aromatic carbocycles. The number of hydrogen-bond acceptors (Lipinski definition) is 6. The van der Waals surface area contributed by atoms with Crippen molar-refractivity contribution >= 4 is 29.1 Å². The van der Waals surface area contributed by atoms with Crippen molar-refractivity contribution in [3.8, 4) is 0 Å². The Morgan fingerprint density at radius 1 is 1.29 bits per heavy atom. The molecule has 2 aliphatic heterocycles. The minimum Gasteiger partial charge on any atom is -0.450 e. The summed E-state index contributed by atoms with van der Waals surface area (Å²) in [6, 6.07) is 0. The Kier molecular flexibility index (Phi) is 8.20. The number of hydrogen-bond donors (Lipinski definition) is 2. The summed E-state index contributed by atoms with van der Waals surface area (Å²) in [6.45, 7) is 8.77. The van der Waals surface area contributed by atoms with E-state index < -0.39 is 0 Å². The molecule has 0 bridgehead atoms. The molecular weight excluding hydrogens is 330 g/mol. The second-order valence-electron chi connectivity index (χ2n) is 5.69. The zero-order valence-electron chi connectivity index (χ0n) is 14.3. The highest BCUT2D eigenvalue weighted by Crippen LogP contribution is 2.08. The molecule has 2 fully saturated rings. The summed E-state index contributed by atoms with van der Waals surface area (Å²) in [6.07, 6.45) is 1.23. The minimum atomic E-state index is -0.246. The van der Waals surface area contributed by atoms with Crippen LogP contribution in [0, 0.1) is 0 Å². The molecule has 2 saturated heterocycles. The summed E-state index contributed by atoms with van der Waals surface area (Å²) in [4.78, 5) is 15.7. The normalized spacial score (nSPS) is 18.9. The van der Waals surface area contributed by atoms with Crippen molar-refractivity contribution in [1.29, 1.82) is 0 Å². The number of morpholine rings is 1. The van der Waals surface area contributed by atoms with Gasteiger partial charge in [-0.05, 0) is 19.1 Å². The molecule has 2 aliphatic rings. The number of nitrogens with zero attached hydrogens (tertiary/aromatic N) is 3. The SMILES string of the molecule is CCOC(=O)N1CCC(=NNC(=S)NCCN2CCOCC2)CC1. The van der Waals surface area contributed by atoms with E-state index in [1.807, 2.05) is 6.92 Å². The molecule has 0 aromatic rings. The van der Waals surface area contributed by atoms with Gasteiger partial charge in [0.15, 0.2) is 5.11 Å². The van der Waals surface area contributed by atoms with Crippen LogP contribution in [-0.4, -0.2) is 85.8 Å². The quantitative estimate of drug-likeness (QED) is 0.544. The van der Waals surface area contributed by atoms with E-state index in [2.05, 4.69) is 20.7 Å². The van der Waals surface area contributed by atoms with Crippen molar-refractivity contribution in [2.24, 2.45) is 5.10 Å². The van der Waals surface area contributed by atoms with Crippen LogP contribution in [-0.2, 0) is 9.47 Å². The van der Waals surface area contributed by atoms with Crippen molar-refractivity contribution in [3.63, 3.8) is 0 Å². The Bertz CT molecular complexity index is 444. The Labute approximate surface area is 148 Å². The lowest BCUT2D eigenvalue weighted by Crippen LogP contribution is -2.43. The maximum absolute atomic E-state index is 11.6. The van der Waals surface area contributed by atoms with Crippen LogP contribution in [0.15, 0.2) is 5.10 Å². The number of amides is 1. The van der Waals surface area contributed by atoms with Gasteiger partial charge >= 0.3 is 6.09 Å². The van der Waals surface area contributed by atoms with E-state index in [0.29, 0.717) is 24.8 Å². The highest BCUT2D eigenvalue weighted by Gasteiger charge is 2.20. The van der Waals surface area contributed by atoms with Crippen LogP contribution >= 0.6 is 12.2 Å². The second-order valence-corrected chi connectivity index (χ2v) is 6.09. The number of ether oxygens (including phenoxy) is 2. The predicted molar refractivity (Wildman–Crippen MR) is 96.3 cm³/mol. The smallest absolute Gasteiger partial charge is 0.409 e. The zero-order valence-corrected chi connectivity index (χ0v) is 15.1. The van der Waals surface area contributed by atoms with Crippen molar-refractivity contribution in [2.75, 3.05) is 59.1 Å². The third kappa shape index (κ3) is 6.58. The first-order chi connectivity index (χ1) is 11.7. The van der Waals surface area contributed by atoms with E-state index in [9.17, 15) is 4.79 Å². The highest BCUT2D eigenvalue weighted by atomic mass is 32.1. The maximum Gasteiger partial charge on any atom is 0.409 e. The number of piperidine rings is 1. The molecule has 136 valence electrons. The van der Waals surface area contributed by atoms with E-state index in [4.69, 9.17) is 21.7 Å². The summed E-state index contributed by atoms with van der Waals surface area (Å²) in [5, 5.41) is 8.03. The molecular formula is C15H27N5O3S. The van der Waals surface area contributed by atoms with E-state index >= 15 is 0 Å². The Balaban J connectivity index is 1.59. The monoisotopic (exact) mass is 357 g/mol. The number of nitrogens with one attached hydrogen (secondary N) is 2. The van der Waals surface area contributed by atoms with Gasteiger partial charge < -0.3 is 19.7 Å². The summed E-state index contributed by atoms with van der Waals surface area (Å²) in [5.74, 6) is 0. The molecule has 0 aliphatic carbocycles. The fraction of sp³-hybridized carbons (Fsp3) is 0.800. The van der Waals surface area contributed by atoms with Crippen LogP contribution in [0.4, 0.5) is 4.79 Å². The zero-order chi connectivity index (χ0) is 17.2. The molecule has 24 heavy (non-hydrogen) atoms.